The van der Waals surface area contributed by atoms with Crippen LogP contribution in [0.3, 0.4) is 0 Å². The largest absolute Gasteiger partial charge is 0.493 e. The third kappa shape index (κ3) is 5.85. The molecule has 1 aromatic carbocycles. The first-order valence-corrected chi connectivity index (χ1v) is 7.77. The molecule has 0 N–H and O–H groups in total. The van der Waals surface area contributed by atoms with Crippen LogP contribution in [0.25, 0.3) is 0 Å². The summed E-state index contributed by atoms with van der Waals surface area (Å²) in [6.07, 6.45) is 2.18. The fraction of sp³-hybridized carbons (Fsp3) is 0.667. The van der Waals surface area contributed by atoms with Crippen LogP contribution >= 0.6 is 0 Å². The predicted octanol–water partition coefficient (Wildman–Crippen LogP) is 5.15. The lowest BCUT2D eigenvalue weighted by molar-refractivity contribution is 0.279. The van der Waals surface area contributed by atoms with Gasteiger partial charge in [0.05, 0.1) is 13.2 Å². The van der Waals surface area contributed by atoms with Gasteiger partial charge in [0.2, 0.25) is 0 Å². The maximum absolute atomic E-state index is 5.87. The Balaban J connectivity index is 2.61. The summed E-state index contributed by atoms with van der Waals surface area (Å²) in [5, 5.41) is 0. The highest BCUT2D eigenvalue weighted by molar-refractivity contribution is 5.45. The molecule has 1 rings (SSSR count). The molecule has 0 fully saturated rings. The Labute approximate surface area is 124 Å². The lowest BCUT2D eigenvalue weighted by Crippen LogP contribution is -2.05. The summed E-state index contributed by atoms with van der Waals surface area (Å²) in [4.78, 5) is 0. The van der Waals surface area contributed by atoms with Gasteiger partial charge < -0.3 is 9.47 Å². The van der Waals surface area contributed by atoms with Crippen molar-refractivity contribution in [2.45, 2.75) is 54.4 Å². The summed E-state index contributed by atoms with van der Waals surface area (Å²) in [6.45, 7) is 14.6. The fourth-order valence-electron chi connectivity index (χ4n) is 1.88. The maximum atomic E-state index is 5.87. The number of benzene rings is 1. The molecule has 0 unspecified atom stereocenters. The number of ether oxygens (including phenoxy) is 2. The molecule has 0 saturated heterocycles. The lowest BCUT2D eigenvalue weighted by Gasteiger charge is -2.15. The molecule has 0 amide bonds. The molecule has 20 heavy (non-hydrogen) atoms. The van der Waals surface area contributed by atoms with E-state index in [9.17, 15) is 0 Å². The van der Waals surface area contributed by atoms with Crippen LogP contribution in [0.5, 0.6) is 11.5 Å². The molecule has 0 bridgehead atoms. The molecule has 0 aliphatic carbocycles. The Morgan fingerprint density at radius 2 is 1.10 bits per heavy atom. The molecule has 0 aliphatic rings. The standard InChI is InChI=1S/C18H30O2/c1-13(2)7-9-19-17-11-16(6)18(12-15(17)5)20-10-8-14(3)4/h11-14H,7-10H2,1-6H3. The van der Waals surface area contributed by atoms with E-state index in [2.05, 4.69) is 53.7 Å². The third-order valence-electron chi connectivity index (χ3n) is 3.38. The van der Waals surface area contributed by atoms with Crippen LogP contribution < -0.4 is 9.47 Å². The zero-order valence-corrected chi connectivity index (χ0v) is 14.0. The summed E-state index contributed by atoms with van der Waals surface area (Å²) in [7, 11) is 0. The minimum Gasteiger partial charge on any atom is -0.493 e. The Bertz CT molecular complexity index is 368. The molecule has 0 spiro atoms. The first-order valence-electron chi connectivity index (χ1n) is 7.77. The number of rotatable bonds is 8. The monoisotopic (exact) mass is 278 g/mol. The molecule has 2 nitrogen and oxygen atoms in total. The van der Waals surface area contributed by atoms with Gasteiger partial charge in [0.1, 0.15) is 11.5 Å². The van der Waals surface area contributed by atoms with Gasteiger partial charge in [-0.2, -0.15) is 0 Å². The van der Waals surface area contributed by atoms with E-state index in [0.717, 1.165) is 48.7 Å². The lowest BCUT2D eigenvalue weighted by atomic mass is 10.1. The van der Waals surface area contributed by atoms with Crippen molar-refractivity contribution in [3.05, 3.63) is 23.3 Å². The van der Waals surface area contributed by atoms with Crippen molar-refractivity contribution in [3.8, 4) is 11.5 Å². The zero-order chi connectivity index (χ0) is 15.1. The van der Waals surface area contributed by atoms with Crippen LogP contribution in [0.4, 0.5) is 0 Å². The van der Waals surface area contributed by atoms with Crippen LogP contribution in [0.2, 0.25) is 0 Å². The minimum absolute atomic E-state index is 0.676. The Kier molecular flexibility index (Phi) is 6.90. The highest BCUT2D eigenvalue weighted by Gasteiger charge is 2.07. The van der Waals surface area contributed by atoms with Gasteiger partial charge in [-0.05, 0) is 61.8 Å². The van der Waals surface area contributed by atoms with E-state index >= 15 is 0 Å². The number of hydrogen-bond donors (Lipinski definition) is 0. The van der Waals surface area contributed by atoms with Crippen molar-refractivity contribution in [1.82, 2.24) is 0 Å². The third-order valence-corrected chi connectivity index (χ3v) is 3.38. The first-order chi connectivity index (χ1) is 9.40. The molecule has 0 atom stereocenters. The van der Waals surface area contributed by atoms with E-state index in [1.807, 2.05) is 0 Å². The molecule has 0 saturated carbocycles. The summed E-state index contributed by atoms with van der Waals surface area (Å²) >= 11 is 0. The SMILES string of the molecule is Cc1cc(OCCC(C)C)c(C)cc1OCCC(C)C. The highest BCUT2D eigenvalue weighted by Crippen LogP contribution is 2.28. The second-order valence-electron chi connectivity index (χ2n) is 6.45. The van der Waals surface area contributed by atoms with Crippen molar-refractivity contribution in [2.24, 2.45) is 11.8 Å². The van der Waals surface area contributed by atoms with Crippen LogP contribution in [0.1, 0.15) is 51.7 Å². The van der Waals surface area contributed by atoms with Crippen LogP contribution in [0.15, 0.2) is 12.1 Å². The summed E-state index contributed by atoms with van der Waals surface area (Å²) in [5.74, 6) is 3.32. The fourth-order valence-corrected chi connectivity index (χ4v) is 1.88. The molecule has 0 aliphatic heterocycles. The van der Waals surface area contributed by atoms with E-state index in [-0.39, 0.29) is 0 Å². The van der Waals surface area contributed by atoms with Gasteiger partial charge in [0.25, 0.3) is 0 Å². The number of aryl methyl sites for hydroxylation is 2. The average Bonchev–Trinajstić information content (AvgIpc) is 2.33. The normalized spacial score (nSPS) is 11.2. The number of hydrogen-bond acceptors (Lipinski definition) is 2. The second kappa shape index (κ2) is 8.18. The highest BCUT2D eigenvalue weighted by atomic mass is 16.5. The van der Waals surface area contributed by atoms with Crippen molar-refractivity contribution < 1.29 is 9.47 Å². The van der Waals surface area contributed by atoms with Crippen molar-refractivity contribution in [3.63, 3.8) is 0 Å². The van der Waals surface area contributed by atoms with Gasteiger partial charge in [0.15, 0.2) is 0 Å². The molecular formula is C18H30O2. The van der Waals surface area contributed by atoms with Crippen LogP contribution in [0, 0.1) is 25.7 Å². The van der Waals surface area contributed by atoms with E-state index < -0.39 is 0 Å². The quantitative estimate of drug-likeness (QED) is 0.654. The molecule has 0 aromatic heterocycles. The second-order valence-corrected chi connectivity index (χ2v) is 6.45. The Morgan fingerprint density at radius 3 is 1.40 bits per heavy atom. The van der Waals surface area contributed by atoms with Crippen LogP contribution in [-0.4, -0.2) is 13.2 Å². The molecule has 0 heterocycles. The smallest absolute Gasteiger partial charge is 0.122 e. The van der Waals surface area contributed by atoms with Gasteiger partial charge in [-0.25, -0.2) is 0 Å². The average molecular weight is 278 g/mol. The van der Waals surface area contributed by atoms with Gasteiger partial charge in [-0.1, -0.05) is 27.7 Å². The summed E-state index contributed by atoms with van der Waals surface area (Å²) < 4.78 is 11.7. The van der Waals surface area contributed by atoms with Gasteiger partial charge in [-0.15, -0.1) is 0 Å². The van der Waals surface area contributed by atoms with Crippen LogP contribution in [-0.2, 0) is 0 Å². The molecule has 114 valence electrons. The summed E-state index contributed by atoms with van der Waals surface area (Å²) in [6, 6.07) is 4.20. The molecule has 1 aromatic rings. The molecule has 0 radical (unpaired) electrons. The Morgan fingerprint density at radius 1 is 0.750 bits per heavy atom. The Hall–Kier alpha value is -1.18. The minimum atomic E-state index is 0.676. The van der Waals surface area contributed by atoms with Gasteiger partial charge in [0, 0.05) is 0 Å². The van der Waals surface area contributed by atoms with Gasteiger partial charge in [-0.3, -0.25) is 0 Å². The van der Waals surface area contributed by atoms with Gasteiger partial charge >= 0.3 is 0 Å². The predicted molar refractivity (Wildman–Crippen MR) is 85.8 cm³/mol. The maximum Gasteiger partial charge on any atom is 0.122 e. The van der Waals surface area contributed by atoms with E-state index in [1.165, 1.54) is 0 Å². The van der Waals surface area contributed by atoms with E-state index in [4.69, 9.17) is 9.47 Å². The van der Waals surface area contributed by atoms with Crippen molar-refractivity contribution in [2.75, 3.05) is 13.2 Å². The topological polar surface area (TPSA) is 18.5 Å². The first kappa shape index (κ1) is 16.9. The van der Waals surface area contributed by atoms with Crippen molar-refractivity contribution >= 4 is 0 Å². The van der Waals surface area contributed by atoms with E-state index in [1.54, 1.807) is 0 Å². The van der Waals surface area contributed by atoms with Crippen molar-refractivity contribution in [1.29, 1.82) is 0 Å². The zero-order valence-electron chi connectivity index (χ0n) is 14.0. The molecule has 2 heteroatoms. The summed E-state index contributed by atoms with van der Waals surface area (Å²) in [5.41, 5.74) is 2.30. The molecular weight excluding hydrogens is 248 g/mol. The van der Waals surface area contributed by atoms with E-state index in [0.29, 0.717) is 11.8 Å².